The lowest BCUT2D eigenvalue weighted by Crippen LogP contribution is -2.11. The second kappa shape index (κ2) is 3.87. The van der Waals surface area contributed by atoms with E-state index in [2.05, 4.69) is 9.72 Å². The third-order valence-electron chi connectivity index (χ3n) is 3.08. The Bertz CT molecular complexity index is 702. The fourth-order valence-corrected chi connectivity index (χ4v) is 2.20. The van der Waals surface area contributed by atoms with Crippen molar-refractivity contribution in [3.63, 3.8) is 0 Å². The molecule has 0 fully saturated rings. The SMILES string of the molecule is COC(=O)c1ccc2c3c(c(=O)[nH]c2c1)CCO3. The second-order valence-corrected chi connectivity index (χ2v) is 4.11. The molecule has 1 aromatic carbocycles. The lowest BCUT2D eigenvalue weighted by atomic mass is 10.1. The van der Waals surface area contributed by atoms with Crippen LogP contribution in [0.1, 0.15) is 15.9 Å². The van der Waals surface area contributed by atoms with Crippen LogP contribution < -0.4 is 10.3 Å². The molecule has 0 aliphatic carbocycles. The fourth-order valence-electron chi connectivity index (χ4n) is 2.20. The molecule has 3 rings (SSSR count). The zero-order valence-corrected chi connectivity index (χ0v) is 9.78. The number of esters is 1. The first-order chi connectivity index (χ1) is 8.70. The van der Waals surface area contributed by atoms with Gasteiger partial charge in [-0.3, -0.25) is 4.79 Å². The molecule has 0 bridgehead atoms. The predicted octanol–water partition coefficient (Wildman–Crippen LogP) is 1.25. The van der Waals surface area contributed by atoms with Crippen molar-refractivity contribution in [1.82, 2.24) is 4.98 Å². The van der Waals surface area contributed by atoms with E-state index in [9.17, 15) is 9.59 Å². The van der Waals surface area contributed by atoms with Crippen LogP contribution in [0.5, 0.6) is 5.75 Å². The molecule has 2 heterocycles. The van der Waals surface area contributed by atoms with Crippen LogP contribution in [0.3, 0.4) is 0 Å². The third kappa shape index (κ3) is 1.48. The minimum absolute atomic E-state index is 0.156. The number of methoxy groups -OCH3 is 1. The van der Waals surface area contributed by atoms with Gasteiger partial charge in [-0.2, -0.15) is 0 Å². The van der Waals surface area contributed by atoms with E-state index in [4.69, 9.17) is 4.74 Å². The topological polar surface area (TPSA) is 68.4 Å². The number of hydrogen-bond acceptors (Lipinski definition) is 4. The van der Waals surface area contributed by atoms with E-state index < -0.39 is 5.97 Å². The number of ether oxygens (including phenoxy) is 2. The fraction of sp³-hybridized carbons (Fsp3) is 0.231. The van der Waals surface area contributed by atoms with Gasteiger partial charge in [0.05, 0.1) is 30.4 Å². The number of carbonyl (C=O) groups excluding carboxylic acids is 1. The lowest BCUT2D eigenvalue weighted by molar-refractivity contribution is 0.0601. The van der Waals surface area contributed by atoms with Gasteiger partial charge in [0.1, 0.15) is 5.75 Å². The van der Waals surface area contributed by atoms with Gasteiger partial charge in [-0.25, -0.2) is 4.79 Å². The summed E-state index contributed by atoms with van der Waals surface area (Å²) in [7, 11) is 1.32. The highest BCUT2D eigenvalue weighted by Gasteiger charge is 2.20. The van der Waals surface area contributed by atoms with Gasteiger partial charge in [0.25, 0.3) is 5.56 Å². The van der Waals surface area contributed by atoms with Crippen molar-refractivity contribution in [2.24, 2.45) is 0 Å². The van der Waals surface area contributed by atoms with Gasteiger partial charge in [0, 0.05) is 11.8 Å². The van der Waals surface area contributed by atoms with Crippen LogP contribution in [0.15, 0.2) is 23.0 Å². The Hall–Kier alpha value is -2.30. The standard InChI is InChI=1S/C13H11NO4/c1-17-13(16)7-2-3-8-10(6-7)14-12(15)9-4-5-18-11(8)9/h2-3,6H,4-5H2,1H3,(H,14,15). The summed E-state index contributed by atoms with van der Waals surface area (Å²) in [5.74, 6) is 0.198. The van der Waals surface area contributed by atoms with E-state index in [0.29, 0.717) is 35.4 Å². The van der Waals surface area contributed by atoms with Crippen molar-refractivity contribution in [3.8, 4) is 5.75 Å². The minimum Gasteiger partial charge on any atom is -0.492 e. The molecule has 0 saturated carbocycles. The molecule has 92 valence electrons. The maximum atomic E-state index is 11.8. The highest BCUT2D eigenvalue weighted by molar-refractivity contribution is 5.96. The molecule has 1 aliphatic heterocycles. The molecule has 0 amide bonds. The maximum Gasteiger partial charge on any atom is 0.337 e. The van der Waals surface area contributed by atoms with Gasteiger partial charge in [0.15, 0.2) is 0 Å². The van der Waals surface area contributed by atoms with E-state index in [-0.39, 0.29) is 5.56 Å². The summed E-state index contributed by atoms with van der Waals surface area (Å²) < 4.78 is 10.1. The van der Waals surface area contributed by atoms with E-state index in [1.165, 1.54) is 7.11 Å². The number of aromatic amines is 1. The number of H-pyrrole nitrogens is 1. The van der Waals surface area contributed by atoms with Crippen molar-refractivity contribution in [2.75, 3.05) is 13.7 Å². The molecule has 0 unspecified atom stereocenters. The Morgan fingerprint density at radius 1 is 1.44 bits per heavy atom. The number of rotatable bonds is 1. The molecular weight excluding hydrogens is 234 g/mol. The zero-order valence-electron chi connectivity index (χ0n) is 9.78. The lowest BCUT2D eigenvalue weighted by Gasteiger charge is -2.06. The Balaban J connectivity index is 2.28. The Morgan fingerprint density at radius 3 is 3.06 bits per heavy atom. The molecule has 1 aliphatic rings. The number of fused-ring (bicyclic) bond motifs is 3. The number of nitrogens with one attached hydrogen (secondary N) is 1. The van der Waals surface area contributed by atoms with E-state index in [1.54, 1.807) is 18.2 Å². The Morgan fingerprint density at radius 2 is 2.28 bits per heavy atom. The average Bonchev–Trinajstić information content (AvgIpc) is 2.87. The molecule has 0 radical (unpaired) electrons. The van der Waals surface area contributed by atoms with Crippen molar-refractivity contribution in [1.29, 1.82) is 0 Å². The van der Waals surface area contributed by atoms with Crippen molar-refractivity contribution >= 4 is 16.9 Å². The molecule has 0 spiro atoms. The monoisotopic (exact) mass is 245 g/mol. The van der Waals surface area contributed by atoms with Gasteiger partial charge < -0.3 is 14.5 Å². The van der Waals surface area contributed by atoms with E-state index in [1.807, 2.05) is 0 Å². The molecule has 5 heteroatoms. The molecule has 0 atom stereocenters. The smallest absolute Gasteiger partial charge is 0.337 e. The van der Waals surface area contributed by atoms with E-state index in [0.717, 1.165) is 5.39 Å². The second-order valence-electron chi connectivity index (χ2n) is 4.11. The molecule has 1 N–H and O–H groups in total. The van der Waals surface area contributed by atoms with E-state index >= 15 is 0 Å². The third-order valence-corrected chi connectivity index (χ3v) is 3.08. The minimum atomic E-state index is -0.431. The quantitative estimate of drug-likeness (QED) is 0.768. The normalized spacial score (nSPS) is 13.2. The first-order valence-electron chi connectivity index (χ1n) is 5.61. The summed E-state index contributed by atoms with van der Waals surface area (Å²) >= 11 is 0. The number of benzene rings is 1. The highest BCUT2D eigenvalue weighted by atomic mass is 16.5. The van der Waals surface area contributed by atoms with Crippen LogP contribution in [0, 0.1) is 0 Å². The van der Waals surface area contributed by atoms with Gasteiger partial charge in [0.2, 0.25) is 0 Å². The first kappa shape index (κ1) is 10.8. The molecular formula is C13H11NO4. The van der Waals surface area contributed by atoms with Gasteiger partial charge >= 0.3 is 5.97 Å². The molecule has 0 saturated heterocycles. The summed E-state index contributed by atoms with van der Waals surface area (Å²) in [4.78, 5) is 26.0. The zero-order chi connectivity index (χ0) is 12.7. The summed E-state index contributed by atoms with van der Waals surface area (Å²) in [5.41, 5.74) is 1.51. The maximum absolute atomic E-state index is 11.8. The first-order valence-corrected chi connectivity index (χ1v) is 5.61. The highest BCUT2D eigenvalue weighted by Crippen LogP contribution is 2.30. The van der Waals surface area contributed by atoms with Crippen LogP contribution in [-0.4, -0.2) is 24.7 Å². The Kier molecular flexibility index (Phi) is 2.33. The van der Waals surface area contributed by atoms with Crippen LogP contribution in [-0.2, 0) is 11.2 Å². The van der Waals surface area contributed by atoms with Crippen LogP contribution in [0.25, 0.3) is 10.9 Å². The number of hydrogen-bond donors (Lipinski definition) is 1. The van der Waals surface area contributed by atoms with Crippen LogP contribution >= 0.6 is 0 Å². The van der Waals surface area contributed by atoms with Crippen LogP contribution in [0.2, 0.25) is 0 Å². The predicted molar refractivity (Wildman–Crippen MR) is 65.1 cm³/mol. The summed E-state index contributed by atoms with van der Waals surface area (Å²) in [6.45, 7) is 0.524. The molecule has 5 nitrogen and oxygen atoms in total. The molecule has 1 aromatic heterocycles. The van der Waals surface area contributed by atoms with Gasteiger partial charge in [-0.15, -0.1) is 0 Å². The van der Waals surface area contributed by atoms with Crippen molar-refractivity contribution < 1.29 is 14.3 Å². The van der Waals surface area contributed by atoms with Crippen molar-refractivity contribution in [2.45, 2.75) is 6.42 Å². The summed E-state index contributed by atoms with van der Waals surface area (Å²) in [5, 5.41) is 0.815. The van der Waals surface area contributed by atoms with Gasteiger partial charge in [-0.05, 0) is 18.2 Å². The number of pyridine rings is 1. The summed E-state index contributed by atoms with van der Waals surface area (Å²) in [6.07, 6.45) is 0.624. The molecule has 2 aromatic rings. The van der Waals surface area contributed by atoms with Gasteiger partial charge in [-0.1, -0.05) is 0 Å². The average molecular weight is 245 g/mol. The number of carbonyl (C=O) groups is 1. The molecule has 18 heavy (non-hydrogen) atoms. The van der Waals surface area contributed by atoms with Crippen molar-refractivity contribution in [3.05, 3.63) is 39.7 Å². The van der Waals surface area contributed by atoms with Crippen LogP contribution in [0.4, 0.5) is 0 Å². The Labute approximate surface area is 102 Å². The number of aromatic nitrogens is 1. The largest absolute Gasteiger partial charge is 0.492 e. The summed E-state index contributed by atoms with van der Waals surface area (Å²) in [6, 6.07) is 5.03.